The quantitative estimate of drug-likeness (QED) is 0.822. The van der Waals surface area contributed by atoms with Crippen LogP contribution >= 0.6 is 0 Å². The van der Waals surface area contributed by atoms with Gasteiger partial charge in [0, 0.05) is 18.0 Å². The van der Waals surface area contributed by atoms with Crippen molar-refractivity contribution in [2.24, 2.45) is 0 Å². The van der Waals surface area contributed by atoms with Crippen molar-refractivity contribution in [3.63, 3.8) is 0 Å². The molecule has 5 nitrogen and oxygen atoms in total. The van der Waals surface area contributed by atoms with Crippen LogP contribution in [0.3, 0.4) is 0 Å². The van der Waals surface area contributed by atoms with Gasteiger partial charge in [0.2, 0.25) is 0 Å². The monoisotopic (exact) mass is 229 g/mol. The highest BCUT2D eigenvalue weighted by Gasteiger charge is 2.18. The first-order valence-electron chi connectivity index (χ1n) is 5.99. The Morgan fingerprint density at radius 3 is 3.06 bits per heavy atom. The lowest BCUT2D eigenvalue weighted by atomic mass is 10.0. The third-order valence-electron chi connectivity index (χ3n) is 3.06. The fraction of sp³-hybridized carbons (Fsp3) is 0.417. The van der Waals surface area contributed by atoms with Gasteiger partial charge in [-0.15, -0.1) is 0 Å². The van der Waals surface area contributed by atoms with Gasteiger partial charge in [-0.3, -0.25) is 10.1 Å². The molecule has 2 aromatic heterocycles. The minimum Gasteiger partial charge on any atom is -0.307 e. The summed E-state index contributed by atoms with van der Waals surface area (Å²) < 4.78 is 0. The highest BCUT2D eigenvalue weighted by Crippen LogP contribution is 2.21. The van der Waals surface area contributed by atoms with E-state index in [-0.39, 0.29) is 0 Å². The summed E-state index contributed by atoms with van der Waals surface area (Å²) in [6.07, 6.45) is 7.16. The summed E-state index contributed by atoms with van der Waals surface area (Å²) in [6, 6.07) is 4.18. The van der Waals surface area contributed by atoms with Crippen LogP contribution in [-0.2, 0) is 0 Å². The van der Waals surface area contributed by atoms with Gasteiger partial charge in [0.25, 0.3) is 0 Å². The number of hydrogen-bond donors (Lipinski definition) is 2. The van der Waals surface area contributed by atoms with E-state index in [0.29, 0.717) is 6.04 Å². The molecule has 0 aromatic carbocycles. The summed E-state index contributed by atoms with van der Waals surface area (Å²) in [5.74, 6) is 1.66. The molecule has 0 unspecified atom stereocenters. The van der Waals surface area contributed by atoms with Crippen LogP contribution in [0.5, 0.6) is 0 Å². The zero-order valence-electron chi connectivity index (χ0n) is 9.56. The Hall–Kier alpha value is -1.75. The first-order chi connectivity index (χ1) is 8.43. The number of nitrogens with zero attached hydrogens (tertiary/aromatic N) is 3. The van der Waals surface area contributed by atoms with Crippen molar-refractivity contribution in [2.45, 2.75) is 25.3 Å². The average Bonchev–Trinajstić information content (AvgIpc) is 2.90. The van der Waals surface area contributed by atoms with Gasteiger partial charge >= 0.3 is 0 Å². The Labute approximate surface area is 99.7 Å². The molecule has 1 atom stereocenters. The number of nitrogens with one attached hydrogen (secondary N) is 2. The van der Waals surface area contributed by atoms with E-state index in [1.807, 2.05) is 12.1 Å². The summed E-state index contributed by atoms with van der Waals surface area (Å²) in [4.78, 5) is 8.61. The zero-order chi connectivity index (χ0) is 11.5. The molecule has 0 amide bonds. The molecule has 0 saturated carbocycles. The minimum absolute atomic E-state index is 0.321. The molecule has 1 fully saturated rings. The maximum Gasteiger partial charge on any atom is 0.182 e. The van der Waals surface area contributed by atoms with E-state index in [2.05, 4.69) is 25.5 Å². The normalized spacial score (nSPS) is 20.4. The molecule has 0 aliphatic carbocycles. The molecule has 1 aliphatic rings. The van der Waals surface area contributed by atoms with E-state index in [1.54, 1.807) is 12.4 Å². The first-order valence-corrected chi connectivity index (χ1v) is 5.99. The standard InChI is InChI=1S/C12H15N5/c1-2-7-14-10(5-1)12-15-11(16-17-12)9-4-3-6-13-8-9/h3-4,6,8,10,14H,1-2,5,7H2,(H,15,16,17)/t10-/m1/s1. The Bertz CT molecular complexity index is 473. The number of hydrogen-bond acceptors (Lipinski definition) is 4. The second-order valence-corrected chi connectivity index (χ2v) is 4.29. The molecule has 1 saturated heterocycles. The summed E-state index contributed by atoms with van der Waals surface area (Å²) in [6.45, 7) is 1.06. The van der Waals surface area contributed by atoms with Gasteiger partial charge in [0.05, 0.1) is 6.04 Å². The minimum atomic E-state index is 0.321. The number of pyridine rings is 1. The molecule has 17 heavy (non-hydrogen) atoms. The SMILES string of the molecule is c1cncc(-c2n[nH]c([C@H]3CCCCN3)n2)c1. The summed E-state index contributed by atoms with van der Waals surface area (Å²) in [7, 11) is 0. The van der Waals surface area contributed by atoms with Crippen molar-refractivity contribution in [1.29, 1.82) is 0 Å². The number of piperidine rings is 1. The van der Waals surface area contributed by atoms with Crippen LogP contribution in [0.1, 0.15) is 31.1 Å². The number of aromatic amines is 1. The second-order valence-electron chi connectivity index (χ2n) is 4.29. The van der Waals surface area contributed by atoms with Gasteiger partial charge in [-0.2, -0.15) is 5.10 Å². The largest absolute Gasteiger partial charge is 0.307 e. The van der Waals surface area contributed by atoms with E-state index in [1.165, 1.54) is 12.8 Å². The summed E-state index contributed by atoms with van der Waals surface area (Å²) >= 11 is 0. The molecular weight excluding hydrogens is 214 g/mol. The van der Waals surface area contributed by atoms with Crippen LogP contribution in [0.25, 0.3) is 11.4 Å². The van der Waals surface area contributed by atoms with Crippen LogP contribution in [0.15, 0.2) is 24.5 Å². The second kappa shape index (κ2) is 4.63. The van der Waals surface area contributed by atoms with E-state index in [4.69, 9.17) is 0 Å². The molecule has 0 radical (unpaired) electrons. The van der Waals surface area contributed by atoms with Crippen LogP contribution in [0, 0.1) is 0 Å². The Kier molecular flexibility index (Phi) is 2.83. The molecule has 2 N–H and O–H groups in total. The van der Waals surface area contributed by atoms with Gasteiger partial charge in [-0.1, -0.05) is 6.42 Å². The lowest BCUT2D eigenvalue weighted by molar-refractivity contribution is 0.398. The van der Waals surface area contributed by atoms with Crippen LogP contribution in [0.4, 0.5) is 0 Å². The highest BCUT2D eigenvalue weighted by molar-refractivity contribution is 5.52. The summed E-state index contributed by atoms with van der Waals surface area (Å²) in [5.41, 5.74) is 0.950. The van der Waals surface area contributed by atoms with Gasteiger partial charge in [-0.25, -0.2) is 4.98 Å². The predicted molar refractivity (Wildman–Crippen MR) is 64.2 cm³/mol. The maximum absolute atomic E-state index is 4.54. The zero-order valence-corrected chi connectivity index (χ0v) is 9.56. The first kappa shape index (κ1) is 10.4. The van der Waals surface area contributed by atoms with Crippen molar-refractivity contribution < 1.29 is 0 Å². The van der Waals surface area contributed by atoms with E-state index >= 15 is 0 Å². The molecule has 3 heterocycles. The predicted octanol–water partition coefficient (Wildman–Crippen LogP) is 1.68. The van der Waals surface area contributed by atoms with Crippen molar-refractivity contribution in [1.82, 2.24) is 25.5 Å². The topological polar surface area (TPSA) is 66.5 Å². The van der Waals surface area contributed by atoms with Crippen molar-refractivity contribution in [3.8, 4) is 11.4 Å². The average molecular weight is 229 g/mol. The lowest BCUT2D eigenvalue weighted by Gasteiger charge is -2.20. The van der Waals surface area contributed by atoms with Gasteiger partial charge < -0.3 is 5.32 Å². The number of aromatic nitrogens is 4. The van der Waals surface area contributed by atoms with Crippen LogP contribution < -0.4 is 5.32 Å². The van der Waals surface area contributed by atoms with Crippen molar-refractivity contribution in [2.75, 3.05) is 6.54 Å². The third-order valence-corrected chi connectivity index (χ3v) is 3.06. The maximum atomic E-state index is 4.54. The van der Waals surface area contributed by atoms with Crippen LogP contribution in [-0.4, -0.2) is 26.7 Å². The molecule has 2 aromatic rings. The Morgan fingerprint density at radius 1 is 1.29 bits per heavy atom. The molecule has 5 heteroatoms. The smallest absolute Gasteiger partial charge is 0.182 e. The molecule has 0 bridgehead atoms. The number of rotatable bonds is 2. The third kappa shape index (κ3) is 2.19. The van der Waals surface area contributed by atoms with E-state index in [0.717, 1.165) is 30.2 Å². The van der Waals surface area contributed by atoms with Crippen molar-refractivity contribution in [3.05, 3.63) is 30.4 Å². The van der Waals surface area contributed by atoms with Crippen molar-refractivity contribution >= 4 is 0 Å². The van der Waals surface area contributed by atoms with E-state index in [9.17, 15) is 0 Å². The molecule has 3 rings (SSSR count). The van der Waals surface area contributed by atoms with E-state index < -0.39 is 0 Å². The van der Waals surface area contributed by atoms with Crippen LogP contribution in [0.2, 0.25) is 0 Å². The lowest BCUT2D eigenvalue weighted by Crippen LogP contribution is -2.27. The summed E-state index contributed by atoms with van der Waals surface area (Å²) in [5, 5.41) is 10.7. The van der Waals surface area contributed by atoms with Gasteiger partial charge in [0.1, 0.15) is 5.82 Å². The highest BCUT2D eigenvalue weighted by atomic mass is 15.2. The Balaban J connectivity index is 1.83. The van der Waals surface area contributed by atoms with Gasteiger partial charge in [0.15, 0.2) is 5.82 Å². The molecule has 1 aliphatic heterocycles. The molecular formula is C12H15N5. The Morgan fingerprint density at radius 2 is 2.29 bits per heavy atom. The van der Waals surface area contributed by atoms with Gasteiger partial charge in [-0.05, 0) is 31.5 Å². The molecule has 88 valence electrons. The fourth-order valence-corrected chi connectivity index (χ4v) is 2.14. The fourth-order valence-electron chi connectivity index (χ4n) is 2.14. The number of H-pyrrole nitrogens is 1. The molecule has 0 spiro atoms.